The zero-order valence-electron chi connectivity index (χ0n) is 13.6. The molecule has 1 amide bonds. The number of oxazole rings is 1. The van der Waals surface area contributed by atoms with Gasteiger partial charge in [-0.05, 0) is 30.5 Å². The van der Waals surface area contributed by atoms with Crippen LogP contribution < -0.4 is 14.8 Å². The number of carbonyl (C=O) groups is 1. The van der Waals surface area contributed by atoms with E-state index in [9.17, 15) is 4.79 Å². The third kappa shape index (κ3) is 3.36. The minimum absolute atomic E-state index is 0.148. The van der Waals surface area contributed by atoms with Gasteiger partial charge in [-0.25, -0.2) is 4.98 Å². The molecule has 4 rings (SSSR count). The molecule has 128 valence electrons. The SMILES string of the molecule is Cc1oc(-c2cccs2)nc1CC(=O)Nc1ccc2c(c1)OCCO2. The van der Waals surface area contributed by atoms with Crippen molar-refractivity contribution in [3.8, 4) is 22.3 Å². The van der Waals surface area contributed by atoms with Gasteiger partial charge in [0.15, 0.2) is 11.5 Å². The summed E-state index contributed by atoms with van der Waals surface area (Å²) in [7, 11) is 0. The number of hydrogen-bond acceptors (Lipinski definition) is 6. The highest BCUT2D eigenvalue weighted by Gasteiger charge is 2.17. The lowest BCUT2D eigenvalue weighted by Gasteiger charge is -2.18. The Morgan fingerprint density at radius 2 is 2.08 bits per heavy atom. The number of amides is 1. The predicted molar refractivity (Wildman–Crippen MR) is 94.3 cm³/mol. The van der Waals surface area contributed by atoms with E-state index >= 15 is 0 Å². The lowest BCUT2D eigenvalue weighted by Crippen LogP contribution is -2.17. The van der Waals surface area contributed by atoms with Crippen LogP contribution in [0.1, 0.15) is 11.5 Å². The van der Waals surface area contributed by atoms with Crippen molar-refractivity contribution in [2.24, 2.45) is 0 Å². The highest BCUT2D eigenvalue weighted by molar-refractivity contribution is 7.13. The Hall–Kier alpha value is -2.80. The van der Waals surface area contributed by atoms with E-state index in [0.717, 1.165) is 4.88 Å². The molecule has 3 heterocycles. The fourth-order valence-corrected chi connectivity index (χ4v) is 3.23. The number of thiophene rings is 1. The third-order valence-corrected chi connectivity index (χ3v) is 4.64. The van der Waals surface area contributed by atoms with E-state index in [2.05, 4.69) is 10.3 Å². The maximum Gasteiger partial charge on any atom is 0.236 e. The lowest BCUT2D eigenvalue weighted by atomic mass is 10.2. The van der Waals surface area contributed by atoms with Crippen LogP contribution in [0.25, 0.3) is 10.8 Å². The van der Waals surface area contributed by atoms with Crippen molar-refractivity contribution in [3.05, 3.63) is 47.2 Å². The van der Waals surface area contributed by atoms with Gasteiger partial charge in [-0.1, -0.05) is 6.07 Å². The Labute approximate surface area is 148 Å². The van der Waals surface area contributed by atoms with Crippen LogP contribution in [0.3, 0.4) is 0 Å². The van der Waals surface area contributed by atoms with Gasteiger partial charge in [-0.2, -0.15) is 0 Å². The summed E-state index contributed by atoms with van der Waals surface area (Å²) in [5, 5.41) is 4.82. The van der Waals surface area contributed by atoms with Crippen molar-refractivity contribution in [1.29, 1.82) is 0 Å². The van der Waals surface area contributed by atoms with E-state index in [0.29, 0.717) is 47.7 Å². The summed E-state index contributed by atoms with van der Waals surface area (Å²) >= 11 is 1.55. The molecule has 0 atom stereocenters. The van der Waals surface area contributed by atoms with E-state index in [1.807, 2.05) is 24.4 Å². The zero-order chi connectivity index (χ0) is 17.2. The molecule has 0 saturated heterocycles. The second-order valence-electron chi connectivity index (χ2n) is 5.58. The molecular weight excluding hydrogens is 340 g/mol. The molecule has 0 saturated carbocycles. The fraction of sp³-hybridized carbons (Fsp3) is 0.222. The smallest absolute Gasteiger partial charge is 0.236 e. The summed E-state index contributed by atoms with van der Waals surface area (Å²) in [6, 6.07) is 9.22. The molecule has 1 N–H and O–H groups in total. The first-order valence-electron chi connectivity index (χ1n) is 7.89. The molecule has 6 nitrogen and oxygen atoms in total. The minimum Gasteiger partial charge on any atom is -0.486 e. The minimum atomic E-state index is -0.161. The molecule has 0 spiro atoms. The second kappa shape index (κ2) is 6.60. The van der Waals surface area contributed by atoms with E-state index in [4.69, 9.17) is 13.9 Å². The van der Waals surface area contributed by atoms with Crippen LogP contribution in [0.5, 0.6) is 11.5 Å². The quantitative estimate of drug-likeness (QED) is 0.772. The standard InChI is InChI=1S/C18H16N2O4S/c1-11-13(20-18(24-11)16-3-2-8-25-16)10-17(21)19-12-4-5-14-15(9-12)23-7-6-22-14/h2-5,8-9H,6-7,10H2,1H3,(H,19,21). The van der Waals surface area contributed by atoms with Gasteiger partial charge in [-0.15, -0.1) is 11.3 Å². The number of ether oxygens (including phenoxy) is 2. The van der Waals surface area contributed by atoms with Crippen molar-refractivity contribution < 1.29 is 18.7 Å². The average molecular weight is 356 g/mol. The number of rotatable bonds is 4. The molecule has 2 aromatic heterocycles. The molecule has 1 aromatic carbocycles. The highest BCUT2D eigenvalue weighted by Crippen LogP contribution is 2.32. The number of nitrogens with zero attached hydrogens (tertiary/aromatic N) is 1. The van der Waals surface area contributed by atoms with Gasteiger partial charge in [0.2, 0.25) is 11.8 Å². The molecule has 3 aromatic rings. The van der Waals surface area contributed by atoms with Crippen molar-refractivity contribution in [1.82, 2.24) is 4.98 Å². The topological polar surface area (TPSA) is 73.6 Å². The van der Waals surface area contributed by atoms with Crippen molar-refractivity contribution in [3.63, 3.8) is 0 Å². The van der Waals surface area contributed by atoms with Crippen molar-refractivity contribution in [2.75, 3.05) is 18.5 Å². The van der Waals surface area contributed by atoms with E-state index in [-0.39, 0.29) is 12.3 Å². The van der Waals surface area contributed by atoms with E-state index in [1.54, 1.807) is 29.5 Å². The van der Waals surface area contributed by atoms with Crippen LogP contribution in [0.4, 0.5) is 5.69 Å². The summed E-state index contributed by atoms with van der Waals surface area (Å²) in [6.07, 6.45) is 0.148. The highest BCUT2D eigenvalue weighted by atomic mass is 32.1. The van der Waals surface area contributed by atoms with Gasteiger partial charge in [0, 0.05) is 11.8 Å². The monoisotopic (exact) mass is 356 g/mol. The van der Waals surface area contributed by atoms with Crippen molar-refractivity contribution >= 4 is 22.9 Å². The van der Waals surface area contributed by atoms with Gasteiger partial charge < -0.3 is 19.2 Å². The van der Waals surface area contributed by atoms with Gasteiger partial charge in [-0.3, -0.25) is 4.79 Å². The van der Waals surface area contributed by atoms with Crippen LogP contribution >= 0.6 is 11.3 Å². The number of aromatic nitrogens is 1. The van der Waals surface area contributed by atoms with Gasteiger partial charge in [0.1, 0.15) is 19.0 Å². The van der Waals surface area contributed by atoms with Crippen LogP contribution in [0.2, 0.25) is 0 Å². The van der Waals surface area contributed by atoms with Crippen LogP contribution in [-0.2, 0) is 11.2 Å². The first-order chi connectivity index (χ1) is 12.2. The number of aryl methyl sites for hydroxylation is 1. The van der Waals surface area contributed by atoms with E-state index in [1.165, 1.54) is 0 Å². The first-order valence-corrected chi connectivity index (χ1v) is 8.77. The van der Waals surface area contributed by atoms with Gasteiger partial charge >= 0.3 is 0 Å². The number of nitrogens with one attached hydrogen (secondary N) is 1. The lowest BCUT2D eigenvalue weighted by molar-refractivity contribution is -0.115. The fourth-order valence-electron chi connectivity index (χ4n) is 2.58. The first kappa shape index (κ1) is 15.7. The molecule has 1 aliphatic heterocycles. The summed E-state index contributed by atoms with van der Waals surface area (Å²) in [6.45, 7) is 2.86. The maximum absolute atomic E-state index is 12.3. The molecule has 0 unspecified atom stereocenters. The van der Waals surface area contributed by atoms with Gasteiger partial charge in [0.05, 0.1) is 17.0 Å². The van der Waals surface area contributed by atoms with Crippen LogP contribution in [-0.4, -0.2) is 24.1 Å². The molecule has 7 heteroatoms. The summed E-state index contributed by atoms with van der Waals surface area (Å²) < 4.78 is 16.7. The number of benzene rings is 1. The second-order valence-corrected chi connectivity index (χ2v) is 6.53. The van der Waals surface area contributed by atoms with E-state index < -0.39 is 0 Å². The summed E-state index contributed by atoms with van der Waals surface area (Å²) in [5.41, 5.74) is 1.30. The molecule has 25 heavy (non-hydrogen) atoms. The number of fused-ring (bicyclic) bond motifs is 1. The largest absolute Gasteiger partial charge is 0.486 e. The molecule has 0 bridgehead atoms. The normalized spacial score (nSPS) is 12.8. The average Bonchev–Trinajstić information content (AvgIpc) is 3.25. The predicted octanol–water partition coefficient (Wildman–Crippen LogP) is 3.66. The molecule has 0 aliphatic carbocycles. The van der Waals surface area contributed by atoms with Crippen molar-refractivity contribution in [2.45, 2.75) is 13.3 Å². The zero-order valence-corrected chi connectivity index (χ0v) is 14.4. The van der Waals surface area contributed by atoms with Gasteiger partial charge in [0.25, 0.3) is 0 Å². The maximum atomic E-state index is 12.3. The Bertz CT molecular complexity index is 902. The molecular formula is C18H16N2O4S. The Morgan fingerprint density at radius 1 is 1.24 bits per heavy atom. The number of carbonyl (C=O) groups excluding carboxylic acids is 1. The number of hydrogen-bond donors (Lipinski definition) is 1. The molecule has 1 aliphatic rings. The summed E-state index contributed by atoms with van der Waals surface area (Å²) in [4.78, 5) is 17.7. The Kier molecular flexibility index (Phi) is 4.15. The Balaban J connectivity index is 1.46. The summed E-state index contributed by atoms with van der Waals surface area (Å²) in [5.74, 6) is 2.37. The molecule has 0 fully saturated rings. The van der Waals surface area contributed by atoms with Crippen LogP contribution in [0, 0.1) is 6.92 Å². The Morgan fingerprint density at radius 3 is 2.88 bits per heavy atom. The number of anilines is 1. The third-order valence-electron chi connectivity index (χ3n) is 3.78. The van der Waals surface area contributed by atoms with Crippen LogP contribution in [0.15, 0.2) is 40.1 Å². The molecule has 0 radical (unpaired) electrons.